The van der Waals surface area contributed by atoms with Gasteiger partial charge in [0.1, 0.15) is 0 Å². The van der Waals surface area contributed by atoms with Crippen molar-refractivity contribution >= 4 is 23.2 Å². The number of carbonyl (C=O) groups excluding carboxylic acids is 1. The molecule has 0 saturated heterocycles. The Hall–Kier alpha value is -1.87. The fourth-order valence-electron chi connectivity index (χ4n) is 1.75. The van der Waals surface area contributed by atoms with Crippen LogP contribution in [0.3, 0.4) is 0 Å². The van der Waals surface area contributed by atoms with Crippen molar-refractivity contribution in [3.63, 3.8) is 0 Å². The van der Waals surface area contributed by atoms with Gasteiger partial charge < -0.3 is 5.32 Å². The number of aryl methyl sites for hydroxylation is 2. The molecular weight excluding hydrogens is 260 g/mol. The van der Waals surface area contributed by atoms with Gasteiger partial charge in [-0.1, -0.05) is 23.7 Å². The highest BCUT2D eigenvalue weighted by molar-refractivity contribution is 6.31. The lowest BCUT2D eigenvalue weighted by molar-refractivity contribution is -0.116. The van der Waals surface area contributed by atoms with E-state index in [-0.39, 0.29) is 5.91 Å². The van der Waals surface area contributed by atoms with E-state index in [9.17, 15) is 4.79 Å². The van der Waals surface area contributed by atoms with Crippen LogP contribution in [-0.2, 0) is 11.2 Å². The SMILES string of the molecule is Cc1ccc(Cl)cc1NC(=O)CCc1cccnc1. The highest BCUT2D eigenvalue weighted by Gasteiger charge is 2.06. The fourth-order valence-corrected chi connectivity index (χ4v) is 1.92. The highest BCUT2D eigenvalue weighted by Crippen LogP contribution is 2.20. The average molecular weight is 275 g/mol. The summed E-state index contributed by atoms with van der Waals surface area (Å²) in [6.07, 6.45) is 4.60. The molecule has 0 aliphatic carbocycles. The molecule has 0 unspecified atom stereocenters. The molecule has 98 valence electrons. The maximum Gasteiger partial charge on any atom is 0.224 e. The minimum absolute atomic E-state index is 0.0192. The van der Waals surface area contributed by atoms with Crippen LogP contribution in [0.2, 0.25) is 5.02 Å². The molecule has 0 fully saturated rings. The monoisotopic (exact) mass is 274 g/mol. The summed E-state index contributed by atoms with van der Waals surface area (Å²) in [5.74, 6) is -0.0192. The van der Waals surface area contributed by atoms with Gasteiger partial charge in [-0.3, -0.25) is 9.78 Å². The third kappa shape index (κ3) is 4.07. The lowest BCUT2D eigenvalue weighted by Gasteiger charge is -2.08. The largest absolute Gasteiger partial charge is 0.326 e. The van der Waals surface area contributed by atoms with Crippen LogP contribution in [0, 0.1) is 6.92 Å². The van der Waals surface area contributed by atoms with Crippen molar-refractivity contribution in [1.29, 1.82) is 0 Å². The first-order valence-corrected chi connectivity index (χ1v) is 6.48. The van der Waals surface area contributed by atoms with Gasteiger partial charge in [0.2, 0.25) is 5.91 Å². The van der Waals surface area contributed by atoms with Crippen molar-refractivity contribution in [2.24, 2.45) is 0 Å². The Balaban J connectivity index is 1.93. The molecule has 2 rings (SSSR count). The number of amides is 1. The zero-order valence-corrected chi connectivity index (χ0v) is 11.4. The minimum atomic E-state index is -0.0192. The van der Waals surface area contributed by atoms with Crippen molar-refractivity contribution in [2.45, 2.75) is 19.8 Å². The Labute approximate surface area is 117 Å². The molecule has 3 nitrogen and oxygen atoms in total. The molecule has 4 heteroatoms. The second kappa shape index (κ2) is 6.34. The van der Waals surface area contributed by atoms with Gasteiger partial charge in [0.05, 0.1) is 0 Å². The number of halogens is 1. The van der Waals surface area contributed by atoms with Crippen LogP contribution in [0.5, 0.6) is 0 Å². The van der Waals surface area contributed by atoms with E-state index in [1.807, 2.05) is 31.2 Å². The van der Waals surface area contributed by atoms with Gasteiger partial charge in [-0.15, -0.1) is 0 Å². The molecule has 2 aromatic rings. The summed E-state index contributed by atoms with van der Waals surface area (Å²) in [6, 6.07) is 9.29. The number of nitrogens with one attached hydrogen (secondary N) is 1. The lowest BCUT2D eigenvalue weighted by Crippen LogP contribution is -2.13. The molecule has 19 heavy (non-hydrogen) atoms. The van der Waals surface area contributed by atoms with Gasteiger partial charge >= 0.3 is 0 Å². The Bertz CT molecular complexity index is 570. The summed E-state index contributed by atoms with van der Waals surface area (Å²) in [5.41, 5.74) is 2.82. The van der Waals surface area contributed by atoms with E-state index in [0.717, 1.165) is 16.8 Å². The third-order valence-electron chi connectivity index (χ3n) is 2.84. The topological polar surface area (TPSA) is 42.0 Å². The summed E-state index contributed by atoms with van der Waals surface area (Å²) in [6.45, 7) is 1.94. The Morgan fingerprint density at radius 3 is 2.95 bits per heavy atom. The van der Waals surface area contributed by atoms with Crippen molar-refractivity contribution in [1.82, 2.24) is 4.98 Å². The number of rotatable bonds is 4. The van der Waals surface area contributed by atoms with Crippen molar-refractivity contribution in [2.75, 3.05) is 5.32 Å². The molecule has 1 heterocycles. The van der Waals surface area contributed by atoms with E-state index in [1.54, 1.807) is 18.5 Å². The summed E-state index contributed by atoms with van der Waals surface area (Å²) in [7, 11) is 0. The summed E-state index contributed by atoms with van der Waals surface area (Å²) < 4.78 is 0. The Morgan fingerprint density at radius 1 is 1.37 bits per heavy atom. The molecule has 0 radical (unpaired) electrons. The maximum absolute atomic E-state index is 11.9. The summed E-state index contributed by atoms with van der Waals surface area (Å²) in [4.78, 5) is 15.9. The normalized spacial score (nSPS) is 10.2. The van der Waals surface area contributed by atoms with Crippen LogP contribution in [-0.4, -0.2) is 10.9 Å². The molecule has 1 aromatic carbocycles. The molecule has 1 amide bonds. The average Bonchev–Trinajstić information content (AvgIpc) is 2.42. The van der Waals surface area contributed by atoms with E-state index in [1.165, 1.54) is 0 Å². The van der Waals surface area contributed by atoms with E-state index in [0.29, 0.717) is 17.9 Å². The lowest BCUT2D eigenvalue weighted by atomic mass is 10.1. The molecule has 0 aliphatic heterocycles. The summed E-state index contributed by atoms with van der Waals surface area (Å²) in [5, 5.41) is 3.50. The molecular formula is C15H15ClN2O. The molecule has 0 atom stereocenters. The molecule has 0 aliphatic rings. The first-order valence-electron chi connectivity index (χ1n) is 6.10. The number of aromatic nitrogens is 1. The number of hydrogen-bond donors (Lipinski definition) is 1. The zero-order valence-electron chi connectivity index (χ0n) is 10.7. The van der Waals surface area contributed by atoms with E-state index >= 15 is 0 Å². The fraction of sp³-hybridized carbons (Fsp3) is 0.200. The minimum Gasteiger partial charge on any atom is -0.326 e. The first kappa shape index (κ1) is 13.6. The molecule has 0 spiro atoms. The van der Waals surface area contributed by atoms with E-state index < -0.39 is 0 Å². The van der Waals surface area contributed by atoms with Gasteiger partial charge in [0.25, 0.3) is 0 Å². The molecule has 0 saturated carbocycles. The van der Waals surface area contributed by atoms with Crippen LogP contribution in [0.4, 0.5) is 5.69 Å². The number of nitrogens with zero attached hydrogens (tertiary/aromatic N) is 1. The third-order valence-corrected chi connectivity index (χ3v) is 3.07. The predicted molar refractivity (Wildman–Crippen MR) is 77.4 cm³/mol. The van der Waals surface area contributed by atoms with Crippen molar-refractivity contribution in [3.8, 4) is 0 Å². The van der Waals surface area contributed by atoms with Crippen LogP contribution in [0.15, 0.2) is 42.7 Å². The van der Waals surface area contributed by atoms with E-state index in [2.05, 4.69) is 10.3 Å². The van der Waals surface area contributed by atoms with Crippen LogP contribution in [0.1, 0.15) is 17.5 Å². The Morgan fingerprint density at radius 2 is 2.21 bits per heavy atom. The number of hydrogen-bond acceptors (Lipinski definition) is 2. The molecule has 1 aromatic heterocycles. The van der Waals surface area contributed by atoms with Gasteiger partial charge in [-0.2, -0.15) is 0 Å². The first-order chi connectivity index (χ1) is 9.15. The Kier molecular flexibility index (Phi) is 4.53. The maximum atomic E-state index is 11.9. The van der Waals surface area contributed by atoms with Gasteiger partial charge in [-0.25, -0.2) is 0 Å². The molecule has 0 bridgehead atoms. The van der Waals surface area contributed by atoms with E-state index in [4.69, 9.17) is 11.6 Å². The quantitative estimate of drug-likeness (QED) is 0.925. The number of carbonyl (C=O) groups is 1. The smallest absolute Gasteiger partial charge is 0.224 e. The number of pyridine rings is 1. The van der Waals surface area contributed by atoms with Crippen LogP contribution in [0.25, 0.3) is 0 Å². The number of anilines is 1. The van der Waals surface area contributed by atoms with Gasteiger partial charge in [0.15, 0.2) is 0 Å². The second-order valence-electron chi connectivity index (χ2n) is 4.37. The number of benzene rings is 1. The highest BCUT2D eigenvalue weighted by atomic mass is 35.5. The standard InChI is InChI=1S/C15H15ClN2O/c1-11-4-6-13(16)9-14(11)18-15(19)7-5-12-3-2-8-17-10-12/h2-4,6,8-10H,5,7H2,1H3,(H,18,19). The van der Waals surface area contributed by atoms with Crippen LogP contribution >= 0.6 is 11.6 Å². The second-order valence-corrected chi connectivity index (χ2v) is 4.81. The zero-order chi connectivity index (χ0) is 13.7. The predicted octanol–water partition coefficient (Wildman–Crippen LogP) is 3.61. The van der Waals surface area contributed by atoms with Gasteiger partial charge in [-0.05, 0) is 42.7 Å². The van der Waals surface area contributed by atoms with Crippen molar-refractivity contribution < 1.29 is 4.79 Å². The van der Waals surface area contributed by atoms with Gasteiger partial charge in [0, 0.05) is 29.5 Å². The summed E-state index contributed by atoms with van der Waals surface area (Å²) >= 11 is 5.91. The van der Waals surface area contributed by atoms with Crippen LogP contribution < -0.4 is 5.32 Å². The molecule has 1 N–H and O–H groups in total. The van der Waals surface area contributed by atoms with Crippen molar-refractivity contribution in [3.05, 3.63) is 58.9 Å².